The van der Waals surface area contributed by atoms with Crippen molar-refractivity contribution in [3.8, 4) is 0 Å². The lowest BCUT2D eigenvalue weighted by atomic mass is 9.91. The zero-order valence-electron chi connectivity index (χ0n) is 10.7. The lowest BCUT2D eigenvalue weighted by Crippen LogP contribution is -2.61. The van der Waals surface area contributed by atoms with E-state index in [1.165, 1.54) is 12.8 Å². The molecule has 0 bridgehead atoms. The fourth-order valence-corrected chi connectivity index (χ4v) is 2.76. The number of piperazine rings is 1. The fraction of sp³-hybridized carbons (Fsp3) is 1.00. The van der Waals surface area contributed by atoms with Gasteiger partial charge in [0.2, 0.25) is 0 Å². The number of rotatable bonds is 5. The molecule has 0 amide bonds. The van der Waals surface area contributed by atoms with Gasteiger partial charge in [0.25, 0.3) is 0 Å². The Kier molecular flexibility index (Phi) is 4.18. The topological polar surface area (TPSA) is 24.5 Å². The molecule has 0 spiro atoms. The number of ether oxygens (including phenoxy) is 1. The standard InChI is InChI=1S/C12H21F3N2O/c1-11(10-2-3-10)8-16-4-5-17(11)6-7-18-9-12(13,14)15/h10,16H,2-9H2,1H3. The van der Waals surface area contributed by atoms with Crippen molar-refractivity contribution in [3.05, 3.63) is 0 Å². The minimum atomic E-state index is -4.22. The first-order valence-electron chi connectivity index (χ1n) is 6.52. The first kappa shape index (κ1) is 14.1. The maximum Gasteiger partial charge on any atom is 0.411 e. The molecule has 6 heteroatoms. The molecule has 0 aromatic carbocycles. The van der Waals surface area contributed by atoms with Crippen molar-refractivity contribution < 1.29 is 17.9 Å². The van der Waals surface area contributed by atoms with Crippen LogP contribution in [-0.2, 0) is 4.74 Å². The Morgan fingerprint density at radius 2 is 2.11 bits per heavy atom. The van der Waals surface area contributed by atoms with Gasteiger partial charge in [-0.25, -0.2) is 0 Å². The summed E-state index contributed by atoms with van der Waals surface area (Å²) in [7, 11) is 0. The van der Waals surface area contributed by atoms with Gasteiger partial charge in [0.1, 0.15) is 6.61 Å². The number of halogens is 3. The van der Waals surface area contributed by atoms with Crippen LogP contribution in [0.3, 0.4) is 0 Å². The second kappa shape index (κ2) is 5.35. The lowest BCUT2D eigenvalue weighted by Gasteiger charge is -2.45. The minimum Gasteiger partial charge on any atom is -0.371 e. The van der Waals surface area contributed by atoms with Gasteiger partial charge in [-0.05, 0) is 25.7 Å². The van der Waals surface area contributed by atoms with E-state index in [1.54, 1.807) is 0 Å². The molecular formula is C12H21F3N2O. The molecule has 18 heavy (non-hydrogen) atoms. The van der Waals surface area contributed by atoms with Gasteiger partial charge in [0, 0.05) is 31.7 Å². The van der Waals surface area contributed by atoms with Gasteiger partial charge in [0.05, 0.1) is 6.61 Å². The summed E-state index contributed by atoms with van der Waals surface area (Å²) in [6, 6.07) is 0. The summed E-state index contributed by atoms with van der Waals surface area (Å²) in [5, 5.41) is 3.38. The number of nitrogens with one attached hydrogen (secondary N) is 1. The Labute approximate surface area is 106 Å². The number of alkyl halides is 3. The Bertz CT molecular complexity index is 281. The third-order valence-electron chi connectivity index (χ3n) is 3.99. The molecule has 1 saturated carbocycles. The summed E-state index contributed by atoms with van der Waals surface area (Å²) < 4.78 is 40.6. The SMILES string of the molecule is CC1(C2CC2)CNCCN1CCOCC(F)(F)F. The Morgan fingerprint density at radius 3 is 2.72 bits per heavy atom. The van der Waals surface area contributed by atoms with Crippen LogP contribution in [0.5, 0.6) is 0 Å². The third-order valence-corrected chi connectivity index (χ3v) is 3.99. The summed E-state index contributed by atoms with van der Waals surface area (Å²) in [6.07, 6.45) is -1.75. The van der Waals surface area contributed by atoms with Crippen molar-refractivity contribution in [2.45, 2.75) is 31.5 Å². The Morgan fingerprint density at radius 1 is 1.39 bits per heavy atom. The van der Waals surface area contributed by atoms with Crippen molar-refractivity contribution in [2.24, 2.45) is 5.92 Å². The van der Waals surface area contributed by atoms with Crippen molar-refractivity contribution in [2.75, 3.05) is 39.4 Å². The molecule has 1 saturated heterocycles. The molecule has 1 atom stereocenters. The zero-order chi connectivity index (χ0) is 13.2. The van der Waals surface area contributed by atoms with E-state index in [-0.39, 0.29) is 12.1 Å². The molecule has 1 aliphatic carbocycles. The predicted octanol–water partition coefficient (Wildman–Crippen LogP) is 1.64. The maximum atomic E-state index is 12.0. The van der Waals surface area contributed by atoms with Crippen LogP contribution in [0.1, 0.15) is 19.8 Å². The quantitative estimate of drug-likeness (QED) is 0.766. The summed E-state index contributed by atoms with van der Waals surface area (Å²) in [6.45, 7) is 4.54. The number of hydrogen-bond donors (Lipinski definition) is 1. The van der Waals surface area contributed by atoms with E-state index >= 15 is 0 Å². The van der Waals surface area contributed by atoms with Crippen molar-refractivity contribution >= 4 is 0 Å². The van der Waals surface area contributed by atoms with Crippen LogP contribution in [0.2, 0.25) is 0 Å². The van der Waals surface area contributed by atoms with Gasteiger partial charge in [-0.2, -0.15) is 13.2 Å². The van der Waals surface area contributed by atoms with E-state index in [0.29, 0.717) is 12.5 Å². The molecule has 0 radical (unpaired) electrons. The molecule has 0 aromatic heterocycles. The second-order valence-electron chi connectivity index (χ2n) is 5.46. The fourth-order valence-electron chi connectivity index (χ4n) is 2.76. The molecule has 2 fully saturated rings. The molecule has 1 unspecified atom stereocenters. The monoisotopic (exact) mass is 266 g/mol. The van der Waals surface area contributed by atoms with Gasteiger partial charge in [0.15, 0.2) is 0 Å². The molecule has 106 valence electrons. The molecular weight excluding hydrogens is 245 g/mol. The molecule has 2 rings (SSSR count). The minimum absolute atomic E-state index is 0.0971. The van der Waals surface area contributed by atoms with Crippen LogP contribution >= 0.6 is 0 Å². The van der Waals surface area contributed by atoms with Crippen molar-refractivity contribution in [3.63, 3.8) is 0 Å². The maximum absolute atomic E-state index is 12.0. The first-order chi connectivity index (χ1) is 8.42. The molecule has 0 aromatic rings. The molecule has 2 aliphatic rings. The van der Waals surface area contributed by atoms with E-state index in [4.69, 9.17) is 4.74 Å². The smallest absolute Gasteiger partial charge is 0.371 e. The van der Waals surface area contributed by atoms with Crippen LogP contribution in [0.15, 0.2) is 0 Å². The van der Waals surface area contributed by atoms with Crippen molar-refractivity contribution in [1.82, 2.24) is 10.2 Å². The molecule has 1 N–H and O–H groups in total. The van der Waals surface area contributed by atoms with Crippen molar-refractivity contribution in [1.29, 1.82) is 0 Å². The van der Waals surface area contributed by atoms with Gasteiger partial charge >= 0.3 is 6.18 Å². The van der Waals surface area contributed by atoms with Crippen LogP contribution in [0.4, 0.5) is 13.2 Å². The zero-order valence-corrected chi connectivity index (χ0v) is 10.7. The lowest BCUT2D eigenvalue weighted by molar-refractivity contribution is -0.175. The second-order valence-corrected chi connectivity index (χ2v) is 5.46. The molecule has 1 aliphatic heterocycles. The van der Waals surface area contributed by atoms with E-state index in [0.717, 1.165) is 19.6 Å². The number of hydrogen-bond acceptors (Lipinski definition) is 3. The summed E-state index contributed by atoms with van der Waals surface area (Å²) in [5.74, 6) is 0.688. The van der Waals surface area contributed by atoms with E-state index in [2.05, 4.69) is 17.1 Å². The van der Waals surface area contributed by atoms with Gasteiger partial charge in [-0.15, -0.1) is 0 Å². The van der Waals surface area contributed by atoms with Crippen LogP contribution < -0.4 is 5.32 Å². The average Bonchev–Trinajstić information content (AvgIpc) is 3.09. The summed E-state index contributed by atoms with van der Waals surface area (Å²) >= 11 is 0. The Balaban J connectivity index is 1.76. The van der Waals surface area contributed by atoms with E-state index in [9.17, 15) is 13.2 Å². The summed E-state index contributed by atoms with van der Waals surface area (Å²) in [4.78, 5) is 2.29. The molecule has 1 heterocycles. The molecule has 3 nitrogen and oxygen atoms in total. The van der Waals surface area contributed by atoms with Gasteiger partial charge in [-0.3, -0.25) is 4.90 Å². The van der Waals surface area contributed by atoms with E-state index in [1.807, 2.05) is 0 Å². The predicted molar refractivity (Wildman–Crippen MR) is 62.4 cm³/mol. The first-order valence-corrected chi connectivity index (χ1v) is 6.52. The highest BCUT2D eigenvalue weighted by atomic mass is 19.4. The highest BCUT2D eigenvalue weighted by Crippen LogP contribution is 2.43. The number of nitrogens with zero attached hydrogens (tertiary/aromatic N) is 1. The van der Waals surface area contributed by atoms with Crippen LogP contribution in [0.25, 0.3) is 0 Å². The average molecular weight is 266 g/mol. The highest BCUT2D eigenvalue weighted by molar-refractivity contribution is 5.02. The Hall–Kier alpha value is -0.330. The third kappa shape index (κ3) is 3.59. The van der Waals surface area contributed by atoms with E-state index < -0.39 is 12.8 Å². The van der Waals surface area contributed by atoms with Gasteiger partial charge < -0.3 is 10.1 Å². The van der Waals surface area contributed by atoms with Crippen LogP contribution in [-0.4, -0.2) is 56.0 Å². The normalized spacial score (nSPS) is 30.7. The largest absolute Gasteiger partial charge is 0.411 e. The van der Waals surface area contributed by atoms with Gasteiger partial charge in [-0.1, -0.05) is 0 Å². The highest BCUT2D eigenvalue weighted by Gasteiger charge is 2.46. The summed E-state index contributed by atoms with van der Waals surface area (Å²) in [5.41, 5.74) is 0.0971. The van der Waals surface area contributed by atoms with Crippen LogP contribution in [0, 0.1) is 5.92 Å².